The first-order valence-electron chi connectivity index (χ1n) is 8.76. The summed E-state index contributed by atoms with van der Waals surface area (Å²) < 4.78 is 54.7. The molecule has 2 heterocycles. The van der Waals surface area contributed by atoms with E-state index in [9.17, 15) is 22.4 Å². The molecule has 1 saturated heterocycles. The average Bonchev–Trinajstić information content (AvgIpc) is 2.62. The minimum absolute atomic E-state index is 0.0480. The van der Waals surface area contributed by atoms with Gasteiger partial charge in [0.15, 0.2) is 11.5 Å². The van der Waals surface area contributed by atoms with E-state index >= 15 is 0 Å². The van der Waals surface area contributed by atoms with Gasteiger partial charge >= 0.3 is 6.36 Å². The van der Waals surface area contributed by atoms with Gasteiger partial charge in [-0.2, -0.15) is 0 Å². The molecule has 0 unspecified atom stereocenters. The third-order valence-electron chi connectivity index (χ3n) is 4.28. The Balaban J connectivity index is 1.41. The summed E-state index contributed by atoms with van der Waals surface area (Å²) in [5, 5.41) is 10.4. The Labute approximate surface area is 172 Å². The van der Waals surface area contributed by atoms with Crippen LogP contribution in [0.4, 0.5) is 23.4 Å². The van der Waals surface area contributed by atoms with E-state index in [1.807, 2.05) is 0 Å². The van der Waals surface area contributed by atoms with Crippen molar-refractivity contribution in [2.75, 3.05) is 24.5 Å². The molecule has 156 valence electrons. The molecule has 0 aliphatic carbocycles. The normalized spacial score (nSPS) is 14.6. The molecule has 0 atom stereocenters. The number of ether oxygens (including phenoxy) is 1. The third kappa shape index (κ3) is 6.10. The number of aromatic nitrogens is 2. The molecule has 2 aromatic rings. The van der Waals surface area contributed by atoms with Crippen LogP contribution in [0.2, 0.25) is 0 Å². The molecule has 1 aromatic heterocycles. The number of halogens is 5. The van der Waals surface area contributed by atoms with Crippen LogP contribution >= 0.6 is 15.9 Å². The molecule has 0 spiro atoms. The number of anilines is 1. The van der Waals surface area contributed by atoms with Crippen LogP contribution in [0.25, 0.3) is 0 Å². The van der Waals surface area contributed by atoms with Crippen molar-refractivity contribution in [1.29, 1.82) is 0 Å². The minimum atomic E-state index is -4.66. The van der Waals surface area contributed by atoms with Crippen LogP contribution < -0.4 is 10.2 Å². The monoisotopic (exact) mass is 476 g/mol. The van der Waals surface area contributed by atoms with Crippen molar-refractivity contribution in [3.8, 4) is 0 Å². The number of carbonyl (C=O) groups is 1. The van der Waals surface area contributed by atoms with Gasteiger partial charge in [0.05, 0.1) is 0 Å². The molecular weight excluding hydrogens is 460 g/mol. The van der Waals surface area contributed by atoms with Crippen molar-refractivity contribution in [3.63, 3.8) is 0 Å². The van der Waals surface area contributed by atoms with Gasteiger partial charge in [0.1, 0.15) is 11.9 Å². The van der Waals surface area contributed by atoms with Gasteiger partial charge in [-0.25, -0.2) is 4.39 Å². The highest BCUT2D eigenvalue weighted by Gasteiger charge is 2.39. The molecule has 1 N–H and O–H groups in total. The lowest BCUT2D eigenvalue weighted by Crippen LogP contribution is -2.54. The van der Waals surface area contributed by atoms with Crippen LogP contribution in [0.1, 0.15) is 22.5 Å². The molecule has 11 heteroatoms. The van der Waals surface area contributed by atoms with Crippen molar-refractivity contribution in [2.24, 2.45) is 0 Å². The van der Waals surface area contributed by atoms with Crippen molar-refractivity contribution in [3.05, 3.63) is 51.9 Å². The lowest BCUT2D eigenvalue weighted by atomic mass is 10.1. The second kappa shape index (κ2) is 9.04. The Hall–Kier alpha value is -2.27. The molecule has 1 aromatic carbocycles. The molecule has 1 fully saturated rings. The molecular formula is C18H17BrF4N4O2. The standard InChI is InChI=1S/C18H17BrF4N4O2/c19-12-4-3-11(14(20)8-12)2-1-7-24-17(28)15-5-6-16(26-25-15)27-9-13(10-27)29-18(21,22)23/h3-6,8,13H,1-2,7,9-10H2,(H,24,28). The van der Waals surface area contributed by atoms with E-state index in [0.29, 0.717) is 35.2 Å². The summed E-state index contributed by atoms with van der Waals surface area (Å²) in [7, 11) is 0. The maximum absolute atomic E-state index is 13.7. The van der Waals surface area contributed by atoms with E-state index in [0.717, 1.165) is 0 Å². The Morgan fingerprint density at radius 3 is 2.62 bits per heavy atom. The number of rotatable bonds is 7. The third-order valence-corrected chi connectivity index (χ3v) is 4.77. The Morgan fingerprint density at radius 2 is 2.00 bits per heavy atom. The molecule has 0 saturated carbocycles. The van der Waals surface area contributed by atoms with E-state index in [-0.39, 0.29) is 24.6 Å². The van der Waals surface area contributed by atoms with Crippen molar-refractivity contribution in [2.45, 2.75) is 25.3 Å². The number of benzene rings is 1. The molecule has 3 rings (SSSR count). The number of alkyl halides is 3. The maximum atomic E-state index is 13.7. The highest BCUT2D eigenvalue weighted by molar-refractivity contribution is 9.10. The van der Waals surface area contributed by atoms with E-state index in [4.69, 9.17) is 0 Å². The largest absolute Gasteiger partial charge is 0.522 e. The van der Waals surface area contributed by atoms with Gasteiger partial charge in [-0.15, -0.1) is 23.4 Å². The molecule has 1 aliphatic rings. The van der Waals surface area contributed by atoms with Gasteiger partial charge in [-0.1, -0.05) is 22.0 Å². The van der Waals surface area contributed by atoms with Gasteiger partial charge in [-0.05, 0) is 42.7 Å². The maximum Gasteiger partial charge on any atom is 0.522 e. The number of aryl methyl sites for hydroxylation is 1. The number of nitrogens with one attached hydrogen (secondary N) is 1. The van der Waals surface area contributed by atoms with Crippen LogP contribution in [0.15, 0.2) is 34.8 Å². The Bertz CT molecular complexity index is 858. The van der Waals surface area contributed by atoms with Gasteiger partial charge in [0, 0.05) is 24.1 Å². The van der Waals surface area contributed by atoms with E-state index in [2.05, 4.69) is 36.2 Å². The van der Waals surface area contributed by atoms with Crippen LogP contribution in [0, 0.1) is 5.82 Å². The van der Waals surface area contributed by atoms with Crippen molar-refractivity contribution < 1.29 is 27.1 Å². The highest BCUT2D eigenvalue weighted by atomic mass is 79.9. The fourth-order valence-corrected chi connectivity index (χ4v) is 3.13. The zero-order chi connectivity index (χ0) is 21.0. The molecule has 6 nitrogen and oxygen atoms in total. The van der Waals surface area contributed by atoms with Gasteiger partial charge in [0.25, 0.3) is 5.91 Å². The van der Waals surface area contributed by atoms with Gasteiger partial charge in [-0.3, -0.25) is 9.53 Å². The second-order valence-corrected chi connectivity index (χ2v) is 7.38. The Morgan fingerprint density at radius 1 is 1.24 bits per heavy atom. The second-order valence-electron chi connectivity index (χ2n) is 6.46. The molecule has 1 amide bonds. The van der Waals surface area contributed by atoms with Crippen LogP contribution in [-0.4, -0.2) is 48.2 Å². The topological polar surface area (TPSA) is 67.4 Å². The zero-order valence-electron chi connectivity index (χ0n) is 15.0. The number of amides is 1. The SMILES string of the molecule is O=C(NCCCc1ccc(Br)cc1F)c1ccc(N2CC(OC(F)(F)F)C2)nn1. The zero-order valence-corrected chi connectivity index (χ0v) is 16.6. The molecule has 29 heavy (non-hydrogen) atoms. The summed E-state index contributed by atoms with van der Waals surface area (Å²) >= 11 is 3.20. The fraction of sp³-hybridized carbons (Fsp3) is 0.389. The summed E-state index contributed by atoms with van der Waals surface area (Å²) in [5.74, 6) is -0.363. The summed E-state index contributed by atoms with van der Waals surface area (Å²) in [6.45, 7) is 0.430. The highest BCUT2D eigenvalue weighted by Crippen LogP contribution is 2.26. The average molecular weight is 477 g/mol. The Kier molecular flexibility index (Phi) is 6.68. The van der Waals surface area contributed by atoms with Crippen LogP contribution in [0.5, 0.6) is 0 Å². The first kappa shape index (κ1) is 21.4. The lowest BCUT2D eigenvalue weighted by Gasteiger charge is -2.39. The van der Waals surface area contributed by atoms with Crippen molar-refractivity contribution in [1.82, 2.24) is 15.5 Å². The van der Waals surface area contributed by atoms with Gasteiger partial charge in [0.2, 0.25) is 0 Å². The van der Waals surface area contributed by atoms with E-state index in [1.165, 1.54) is 18.2 Å². The number of nitrogens with zero attached hydrogens (tertiary/aromatic N) is 3. The smallest absolute Gasteiger partial charge is 0.351 e. The summed E-state index contributed by atoms with van der Waals surface area (Å²) in [6.07, 6.45) is -4.58. The van der Waals surface area contributed by atoms with Crippen LogP contribution in [-0.2, 0) is 11.2 Å². The minimum Gasteiger partial charge on any atom is -0.351 e. The quantitative estimate of drug-likeness (QED) is 0.489. The first-order valence-corrected chi connectivity index (χ1v) is 9.56. The van der Waals surface area contributed by atoms with Crippen molar-refractivity contribution >= 4 is 27.7 Å². The van der Waals surface area contributed by atoms with Crippen LogP contribution in [0.3, 0.4) is 0 Å². The number of hydrogen-bond donors (Lipinski definition) is 1. The van der Waals surface area contributed by atoms with E-state index in [1.54, 1.807) is 17.0 Å². The van der Waals surface area contributed by atoms with E-state index < -0.39 is 18.4 Å². The molecule has 0 radical (unpaired) electrons. The summed E-state index contributed by atoms with van der Waals surface area (Å²) in [5.41, 5.74) is 0.654. The molecule has 1 aliphatic heterocycles. The molecule has 0 bridgehead atoms. The summed E-state index contributed by atoms with van der Waals surface area (Å²) in [4.78, 5) is 13.7. The fourth-order valence-electron chi connectivity index (χ4n) is 2.80. The number of carbonyl (C=O) groups excluding carboxylic acids is 1. The predicted octanol–water partition coefficient (Wildman–Crippen LogP) is 3.47. The first-order chi connectivity index (χ1) is 13.7. The number of hydrogen-bond acceptors (Lipinski definition) is 5. The lowest BCUT2D eigenvalue weighted by molar-refractivity contribution is -0.344. The summed E-state index contributed by atoms with van der Waals surface area (Å²) in [6, 6.07) is 7.79. The van der Waals surface area contributed by atoms with Gasteiger partial charge < -0.3 is 10.2 Å². The predicted molar refractivity (Wildman–Crippen MR) is 99.9 cm³/mol.